The van der Waals surface area contributed by atoms with Crippen molar-refractivity contribution in [1.82, 2.24) is 0 Å². The van der Waals surface area contributed by atoms with E-state index in [1.165, 1.54) is 0 Å². The van der Waals surface area contributed by atoms with Crippen LogP contribution in [-0.4, -0.2) is 6.18 Å². The van der Waals surface area contributed by atoms with E-state index >= 15 is 0 Å². The molecule has 0 saturated heterocycles. The van der Waals surface area contributed by atoms with Crippen LogP contribution in [0.4, 0.5) is 13.2 Å². The number of alkyl halides is 3. The third-order valence-electron chi connectivity index (χ3n) is 0.640. The van der Waals surface area contributed by atoms with Crippen molar-refractivity contribution in [3.8, 4) is 6.07 Å². The first-order valence-corrected chi connectivity index (χ1v) is 2.40. The smallest absolute Gasteiger partial charge is 0.393 e. The van der Waals surface area contributed by atoms with Crippen molar-refractivity contribution in [2.24, 2.45) is 5.73 Å². The first-order chi connectivity index (χ1) is 4.39. The molecule has 0 aromatic heterocycles. The molecule has 0 saturated carbocycles. The van der Waals surface area contributed by atoms with Crippen molar-refractivity contribution < 1.29 is 13.2 Å². The minimum absolute atomic E-state index is 1.03. The second-order valence-corrected chi connectivity index (χ2v) is 1.72. The molecule has 0 aliphatic rings. The van der Waals surface area contributed by atoms with Crippen molar-refractivity contribution in [3.63, 3.8) is 0 Å². The van der Waals surface area contributed by atoms with Gasteiger partial charge >= 0.3 is 6.18 Å². The zero-order valence-corrected chi connectivity index (χ0v) is 5.29. The van der Waals surface area contributed by atoms with Crippen molar-refractivity contribution in [2.45, 2.75) is 6.18 Å². The highest BCUT2D eigenvalue weighted by molar-refractivity contribution is 6.32. The number of halogens is 4. The molecule has 0 amide bonds. The van der Waals surface area contributed by atoms with Crippen LogP contribution in [0.3, 0.4) is 0 Å². The predicted molar refractivity (Wildman–Crippen MR) is 28.7 cm³/mol. The van der Waals surface area contributed by atoms with Gasteiger partial charge in [-0.15, -0.1) is 0 Å². The van der Waals surface area contributed by atoms with E-state index in [0.717, 1.165) is 6.07 Å². The second kappa shape index (κ2) is 2.80. The number of hydrogen-bond acceptors (Lipinski definition) is 2. The van der Waals surface area contributed by atoms with Gasteiger partial charge in [-0.2, -0.15) is 18.4 Å². The predicted octanol–water partition coefficient (Wildman–Crippen LogP) is 1.48. The molecule has 0 atom stereocenters. The standard InChI is InChI=1S/C4H2ClF3N2/c5-2(1-9)3(10)4(6,7)8/h10H2/b3-2+. The zero-order valence-electron chi connectivity index (χ0n) is 4.54. The largest absolute Gasteiger partial charge is 0.432 e. The van der Waals surface area contributed by atoms with Crippen LogP contribution in [0.15, 0.2) is 10.7 Å². The average Bonchev–Trinajstić information content (AvgIpc) is 1.83. The minimum atomic E-state index is -4.72. The maximum Gasteiger partial charge on any atom is 0.432 e. The Hall–Kier alpha value is -0.890. The van der Waals surface area contributed by atoms with Gasteiger partial charge in [0, 0.05) is 0 Å². The normalized spacial score (nSPS) is 13.9. The zero-order chi connectivity index (χ0) is 8.36. The minimum Gasteiger partial charge on any atom is -0.393 e. The summed E-state index contributed by atoms with van der Waals surface area (Å²) in [5.74, 6) is 0. The first kappa shape index (κ1) is 9.11. The van der Waals surface area contributed by atoms with Crippen molar-refractivity contribution in [1.29, 1.82) is 5.26 Å². The molecule has 0 rings (SSSR count). The Labute approximate surface area is 59.7 Å². The molecule has 2 N–H and O–H groups in total. The van der Waals surface area contributed by atoms with Crippen LogP contribution >= 0.6 is 11.6 Å². The fraction of sp³-hybridized carbons (Fsp3) is 0.250. The van der Waals surface area contributed by atoms with Gasteiger partial charge in [0.05, 0.1) is 0 Å². The highest BCUT2D eigenvalue weighted by Crippen LogP contribution is 2.24. The van der Waals surface area contributed by atoms with E-state index in [2.05, 4.69) is 5.73 Å². The van der Waals surface area contributed by atoms with E-state index in [-0.39, 0.29) is 0 Å². The summed E-state index contributed by atoms with van der Waals surface area (Å²) >= 11 is 4.77. The van der Waals surface area contributed by atoms with E-state index in [1.807, 2.05) is 0 Å². The van der Waals surface area contributed by atoms with E-state index < -0.39 is 16.9 Å². The molecule has 56 valence electrons. The molecule has 2 nitrogen and oxygen atoms in total. The summed E-state index contributed by atoms with van der Waals surface area (Å²) in [6, 6.07) is 1.07. The molecule has 0 heterocycles. The fourth-order valence-electron chi connectivity index (χ4n) is 0.185. The summed E-state index contributed by atoms with van der Waals surface area (Å²) < 4.78 is 34.4. The monoisotopic (exact) mass is 170 g/mol. The Morgan fingerprint density at radius 3 is 2.00 bits per heavy atom. The van der Waals surface area contributed by atoms with Crippen LogP contribution in [0, 0.1) is 11.3 Å². The summed E-state index contributed by atoms with van der Waals surface area (Å²) in [6.45, 7) is 0. The lowest BCUT2D eigenvalue weighted by atomic mass is 10.4. The molecule has 0 bridgehead atoms. The second-order valence-electron chi connectivity index (χ2n) is 1.34. The molecule has 0 radical (unpaired) electrons. The number of nitrogens with zero attached hydrogens (tertiary/aromatic N) is 1. The fourth-order valence-corrected chi connectivity index (χ4v) is 0.292. The molecule has 6 heteroatoms. The molecule has 0 aliphatic heterocycles. The SMILES string of the molecule is N#C/C(Cl)=C(\N)C(F)(F)F. The molecule has 0 aromatic carbocycles. The summed E-state index contributed by atoms with van der Waals surface area (Å²) in [5.41, 5.74) is 2.85. The van der Waals surface area contributed by atoms with Crippen LogP contribution in [0.5, 0.6) is 0 Å². The summed E-state index contributed by atoms with van der Waals surface area (Å²) in [7, 11) is 0. The maximum atomic E-state index is 11.5. The topological polar surface area (TPSA) is 49.8 Å². The van der Waals surface area contributed by atoms with Gasteiger partial charge in [0.1, 0.15) is 16.8 Å². The van der Waals surface area contributed by atoms with E-state index in [0.29, 0.717) is 0 Å². The Bertz CT molecular complexity index is 200. The highest BCUT2D eigenvalue weighted by atomic mass is 35.5. The van der Waals surface area contributed by atoms with Crippen LogP contribution in [-0.2, 0) is 0 Å². The lowest BCUT2D eigenvalue weighted by molar-refractivity contribution is -0.0928. The quantitative estimate of drug-likeness (QED) is 0.560. The van der Waals surface area contributed by atoms with Crippen molar-refractivity contribution in [2.75, 3.05) is 0 Å². The molecule has 0 spiro atoms. The van der Waals surface area contributed by atoms with E-state index in [9.17, 15) is 13.2 Å². The molecule has 0 fully saturated rings. The van der Waals surface area contributed by atoms with Crippen molar-refractivity contribution in [3.05, 3.63) is 10.7 Å². The molecule has 10 heavy (non-hydrogen) atoms. The van der Waals surface area contributed by atoms with Crippen LogP contribution in [0.1, 0.15) is 0 Å². The highest BCUT2D eigenvalue weighted by Gasteiger charge is 2.34. The maximum absolute atomic E-state index is 11.5. The van der Waals surface area contributed by atoms with Gasteiger partial charge in [-0.1, -0.05) is 11.6 Å². The van der Waals surface area contributed by atoms with Crippen LogP contribution in [0.25, 0.3) is 0 Å². The van der Waals surface area contributed by atoms with Crippen LogP contribution in [0.2, 0.25) is 0 Å². The van der Waals surface area contributed by atoms with Crippen molar-refractivity contribution >= 4 is 11.6 Å². The summed E-state index contributed by atoms with van der Waals surface area (Å²) in [4.78, 5) is 0. The number of nitriles is 1. The Kier molecular flexibility index (Phi) is 2.55. The van der Waals surface area contributed by atoms with Crippen LogP contribution < -0.4 is 5.73 Å². The Morgan fingerprint density at radius 1 is 1.50 bits per heavy atom. The number of rotatable bonds is 0. The van der Waals surface area contributed by atoms with E-state index in [1.54, 1.807) is 0 Å². The first-order valence-electron chi connectivity index (χ1n) is 2.02. The molecule has 0 unspecified atom stereocenters. The van der Waals surface area contributed by atoms with Gasteiger partial charge in [-0.25, -0.2) is 0 Å². The molecular formula is C4H2ClF3N2. The molecule has 0 aromatic rings. The number of allylic oxidation sites excluding steroid dienone is 2. The van der Waals surface area contributed by atoms with Gasteiger partial charge in [0.15, 0.2) is 0 Å². The average molecular weight is 171 g/mol. The molecule has 0 aliphatic carbocycles. The Morgan fingerprint density at radius 2 is 1.90 bits per heavy atom. The lowest BCUT2D eigenvalue weighted by Gasteiger charge is -2.04. The van der Waals surface area contributed by atoms with Gasteiger partial charge in [0.25, 0.3) is 0 Å². The van der Waals surface area contributed by atoms with E-state index in [4.69, 9.17) is 16.9 Å². The van der Waals surface area contributed by atoms with Gasteiger partial charge in [-0.3, -0.25) is 0 Å². The van der Waals surface area contributed by atoms with Gasteiger partial charge in [-0.05, 0) is 0 Å². The third-order valence-corrected chi connectivity index (χ3v) is 0.928. The Balaban J connectivity index is 4.69. The van der Waals surface area contributed by atoms with Gasteiger partial charge in [0.2, 0.25) is 0 Å². The number of hydrogen-bond donors (Lipinski definition) is 1. The number of nitrogens with two attached hydrogens (primary N) is 1. The third kappa shape index (κ3) is 2.15. The molecular weight excluding hydrogens is 169 g/mol. The van der Waals surface area contributed by atoms with Gasteiger partial charge < -0.3 is 5.73 Å². The summed E-state index contributed by atoms with van der Waals surface area (Å²) in [5, 5.41) is 6.81. The lowest BCUT2D eigenvalue weighted by Crippen LogP contribution is -2.20. The summed E-state index contributed by atoms with van der Waals surface area (Å²) in [6.07, 6.45) is -4.72.